The molecule has 0 bridgehead atoms. The highest BCUT2D eigenvalue weighted by Gasteiger charge is 2.25. The molecule has 0 amide bonds. The molecular formula is C27H25F2N3O3. The van der Waals surface area contributed by atoms with Gasteiger partial charge in [0.1, 0.15) is 11.4 Å². The minimum atomic E-state index is -0.768. The summed E-state index contributed by atoms with van der Waals surface area (Å²) in [5.41, 5.74) is 1.56. The molecule has 3 aromatic carbocycles. The van der Waals surface area contributed by atoms with Gasteiger partial charge in [-0.15, -0.1) is 5.10 Å². The molecule has 0 aliphatic heterocycles. The number of aromatic nitrogens is 2. The topological polar surface area (TPSA) is 67.6 Å². The fourth-order valence-electron chi connectivity index (χ4n) is 3.51. The van der Waals surface area contributed by atoms with Crippen LogP contribution >= 0.6 is 0 Å². The number of rotatable bonds is 5. The van der Waals surface area contributed by atoms with Crippen LogP contribution in [-0.2, 0) is 11.3 Å². The smallest absolute Gasteiger partial charge is 0.435 e. The van der Waals surface area contributed by atoms with Crippen molar-refractivity contribution in [2.24, 2.45) is 0 Å². The lowest BCUT2D eigenvalue weighted by molar-refractivity contribution is 0.0518. The highest BCUT2D eigenvalue weighted by Crippen LogP contribution is 2.33. The molecule has 0 saturated heterocycles. The molecule has 1 N–H and O–H groups in total. The Morgan fingerprint density at radius 3 is 2.31 bits per heavy atom. The van der Waals surface area contributed by atoms with Crippen molar-refractivity contribution in [2.45, 2.75) is 32.9 Å². The number of carbonyl (C=O) groups is 1. The molecule has 0 atom stereocenters. The molecule has 0 saturated carbocycles. The van der Waals surface area contributed by atoms with E-state index in [4.69, 9.17) is 4.74 Å². The number of benzene rings is 3. The Kier molecular flexibility index (Phi) is 6.55. The average Bonchev–Trinajstić information content (AvgIpc) is 3.25. The zero-order valence-electron chi connectivity index (χ0n) is 19.6. The Labute approximate surface area is 202 Å². The predicted molar refractivity (Wildman–Crippen MR) is 130 cm³/mol. The van der Waals surface area contributed by atoms with Crippen molar-refractivity contribution in [2.75, 3.05) is 4.90 Å². The maximum absolute atomic E-state index is 13.8. The Bertz CT molecular complexity index is 1330. The first-order chi connectivity index (χ1) is 16.6. The fourth-order valence-corrected chi connectivity index (χ4v) is 3.51. The van der Waals surface area contributed by atoms with Gasteiger partial charge in [0, 0.05) is 29.9 Å². The van der Waals surface area contributed by atoms with E-state index >= 15 is 0 Å². The van der Waals surface area contributed by atoms with E-state index in [0.29, 0.717) is 29.3 Å². The largest absolute Gasteiger partial charge is 0.505 e. The molecule has 4 aromatic rings. The standard InChI is InChI=1S/C27H25F2N3O3/c1-27(2,3)35-26(34)32-23(19-9-11-20(28)12-10-19)16-25(30-32)31(17-18-7-5-4-6-8-18)21-13-14-22(29)24(33)15-21/h4-16,33H,17H2,1-3H3. The van der Waals surface area contributed by atoms with E-state index in [1.54, 1.807) is 43.9 Å². The number of hydrogen-bond donors (Lipinski definition) is 1. The first-order valence-electron chi connectivity index (χ1n) is 11.0. The van der Waals surface area contributed by atoms with Crippen molar-refractivity contribution in [1.82, 2.24) is 9.78 Å². The third-order valence-electron chi connectivity index (χ3n) is 5.10. The van der Waals surface area contributed by atoms with E-state index < -0.39 is 29.1 Å². The van der Waals surface area contributed by atoms with Crippen LogP contribution in [0.15, 0.2) is 78.9 Å². The summed E-state index contributed by atoms with van der Waals surface area (Å²) < 4.78 is 34.0. The molecule has 0 aliphatic carbocycles. The second kappa shape index (κ2) is 9.58. The minimum Gasteiger partial charge on any atom is -0.505 e. The highest BCUT2D eigenvalue weighted by atomic mass is 19.1. The van der Waals surface area contributed by atoms with Gasteiger partial charge < -0.3 is 14.7 Å². The van der Waals surface area contributed by atoms with Gasteiger partial charge >= 0.3 is 6.09 Å². The predicted octanol–water partition coefficient (Wildman–Crippen LogP) is 6.66. The van der Waals surface area contributed by atoms with E-state index in [2.05, 4.69) is 5.10 Å². The van der Waals surface area contributed by atoms with E-state index in [1.807, 2.05) is 30.3 Å². The third kappa shape index (κ3) is 5.66. The molecular weight excluding hydrogens is 452 g/mol. The monoisotopic (exact) mass is 477 g/mol. The number of halogens is 2. The number of ether oxygens (including phenoxy) is 1. The number of carbonyl (C=O) groups excluding carboxylic acids is 1. The quantitative estimate of drug-likeness (QED) is 0.348. The summed E-state index contributed by atoms with van der Waals surface area (Å²) >= 11 is 0. The molecule has 0 spiro atoms. The van der Waals surface area contributed by atoms with Crippen LogP contribution in [0, 0.1) is 11.6 Å². The molecule has 1 aromatic heterocycles. The second-order valence-corrected chi connectivity index (χ2v) is 8.99. The summed E-state index contributed by atoms with van der Waals surface area (Å²) in [5, 5.41) is 14.5. The first-order valence-corrected chi connectivity index (χ1v) is 11.0. The van der Waals surface area contributed by atoms with E-state index in [0.717, 1.165) is 16.3 Å². The van der Waals surface area contributed by atoms with Gasteiger partial charge in [0.05, 0.1) is 5.69 Å². The van der Waals surface area contributed by atoms with Crippen molar-refractivity contribution in [3.05, 3.63) is 96.1 Å². The number of hydrogen-bond acceptors (Lipinski definition) is 5. The molecule has 0 radical (unpaired) electrons. The van der Waals surface area contributed by atoms with Gasteiger partial charge in [-0.2, -0.15) is 4.68 Å². The first kappa shape index (κ1) is 23.9. The summed E-state index contributed by atoms with van der Waals surface area (Å²) in [6, 6.07) is 20.8. The number of nitrogens with zero attached hydrogens (tertiary/aromatic N) is 3. The van der Waals surface area contributed by atoms with E-state index in [9.17, 15) is 18.7 Å². The summed E-state index contributed by atoms with van der Waals surface area (Å²) in [7, 11) is 0. The zero-order chi connectivity index (χ0) is 25.2. The maximum Gasteiger partial charge on any atom is 0.435 e. The molecule has 0 unspecified atom stereocenters. The van der Waals surface area contributed by atoms with Crippen LogP contribution in [0.25, 0.3) is 11.3 Å². The summed E-state index contributed by atoms with van der Waals surface area (Å²) in [6.07, 6.45) is -0.704. The van der Waals surface area contributed by atoms with Gasteiger partial charge in [-0.3, -0.25) is 0 Å². The fraction of sp³-hybridized carbons (Fsp3) is 0.185. The number of anilines is 2. The van der Waals surface area contributed by atoms with Gasteiger partial charge in [0.15, 0.2) is 17.4 Å². The average molecular weight is 478 g/mol. The Morgan fingerprint density at radius 2 is 1.69 bits per heavy atom. The molecule has 0 aliphatic rings. The second-order valence-electron chi connectivity index (χ2n) is 8.99. The van der Waals surface area contributed by atoms with Gasteiger partial charge in [-0.25, -0.2) is 13.6 Å². The Balaban J connectivity index is 1.85. The normalized spacial score (nSPS) is 11.3. The Hall–Kier alpha value is -4.20. The third-order valence-corrected chi connectivity index (χ3v) is 5.10. The van der Waals surface area contributed by atoms with Crippen LogP contribution in [-0.4, -0.2) is 26.6 Å². The lowest BCUT2D eigenvalue weighted by Crippen LogP contribution is -2.28. The number of aromatic hydroxyl groups is 1. The van der Waals surface area contributed by atoms with Crippen molar-refractivity contribution in [3.8, 4) is 17.0 Å². The van der Waals surface area contributed by atoms with E-state index in [-0.39, 0.29) is 0 Å². The van der Waals surface area contributed by atoms with Crippen LogP contribution in [0.3, 0.4) is 0 Å². The summed E-state index contributed by atoms with van der Waals surface area (Å²) in [5.74, 6) is -1.32. The molecule has 8 heteroatoms. The molecule has 35 heavy (non-hydrogen) atoms. The summed E-state index contributed by atoms with van der Waals surface area (Å²) in [6.45, 7) is 5.56. The van der Waals surface area contributed by atoms with Crippen molar-refractivity contribution >= 4 is 17.6 Å². The maximum atomic E-state index is 13.8. The van der Waals surface area contributed by atoms with Crippen molar-refractivity contribution in [1.29, 1.82) is 0 Å². The van der Waals surface area contributed by atoms with Crippen LogP contribution in [0.2, 0.25) is 0 Å². The van der Waals surface area contributed by atoms with Crippen LogP contribution in [0.5, 0.6) is 5.75 Å². The van der Waals surface area contributed by atoms with Crippen LogP contribution < -0.4 is 4.90 Å². The van der Waals surface area contributed by atoms with Gasteiger partial charge in [-0.05, 0) is 62.7 Å². The minimum absolute atomic E-state index is 0.320. The number of phenols is 1. The van der Waals surface area contributed by atoms with E-state index in [1.165, 1.54) is 24.3 Å². The lowest BCUT2D eigenvalue weighted by atomic mass is 10.1. The zero-order valence-corrected chi connectivity index (χ0v) is 19.6. The SMILES string of the molecule is CC(C)(C)OC(=O)n1nc(N(Cc2ccccc2)c2ccc(F)c(O)c2)cc1-c1ccc(F)cc1. The molecule has 1 heterocycles. The lowest BCUT2D eigenvalue weighted by Gasteiger charge is -2.23. The number of phenolic OH excluding ortho intramolecular Hbond substituents is 1. The van der Waals surface area contributed by atoms with Crippen LogP contribution in [0.1, 0.15) is 26.3 Å². The Morgan fingerprint density at radius 1 is 1.00 bits per heavy atom. The van der Waals surface area contributed by atoms with Gasteiger partial charge in [-0.1, -0.05) is 30.3 Å². The molecule has 180 valence electrons. The molecule has 4 rings (SSSR count). The molecule has 6 nitrogen and oxygen atoms in total. The van der Waals surface area contributed by atoms with Crippen LogP contribution in [0.4, 0.5) is 25.1 Å². The molecule has 0 fully saturated rings. The van der Waals surface area contributed by atoms with Gasteiger partial charge in [0.25, 0.3) is 0 Å². The highest BCUT2D eigenvalue weighted by molar-refractivity contribution is 5.80. The van der Waals surface area contributed by atoms with Crippen molar-refractivity contribution < 1.29 is 23.4 Å². The van der Waals surface area contributed by atoms with Crippen molar-refractivity contribution in [3.63, 3.8) is 0 Å². The van der Waals surface area contributed by atoms with Gasteiger partial charge in [0.2, 0.25) is 0 Å². The summed E-state index contributed by atoms with van der Waals surface area (Å²) in [4.78, 5) is 14.8.